The predicted molar refractivity (Wildman–Crippen MR) is 56.1 cm³/mol. The van der Waals surface area contributed by atoms with Crippen molar-refractivity contribution in [2.45, 2.75) is 26.6 Å². The second-order valence-electron chi connectivity index (χ2n) is 3.90. The van der Waals surface area contributed by atoms with Gasteiger partial charge in [-0.2, -0.15) is 0 Å². The SMILES string of the molecule is CC(C)OC(=O)c1ccc2c(c1)COC2=O. The first-order valence-corrected chi connectivity index (χ1v) is 5.09. The molecular weight excluding hydrogens is 208 g/mol. The third kappa shape index (κ3) is 1.91. The monoisotopic (exact) mass is 220 g/mol. The average Bonchev–Trinajstić information content (AvgIpc) is 2.59. The average molecular weight is 220 g/mol. The molecule has 0 saturated carbocycles. The minimum atomic E-state index is -0.378. The Balaban J connectivity index is 2.25. The highest BCUT2D eigenvalue weighted by Crippen LogP contribution is 2.21. The van der Waals surface area contributed by atoms with E-state index in [0.717, 1.165) is 5.56 Å². The van der Waals surface area contributed by atoms with Crippen molar-refractivity contribution in [3.05, 3.63) is 34.9 Å². The molecule has 0 saturated heterocycles. The number of cyclic esters (lactones) is 1. The summed E-state index contributed by atoms with van der Waals surface area (Å²) in [6, 6.07) is 4.82. The molecular formula is C12H12O4. The lowest BCUT2D eigenvalue weighted by Gasteiger charge is -2.08. The molecule has 1 aliphatic heterocycles. The van der Waals surface area contributed by atoms with Crippen LogP contribution in [0.15, 0.2) is 18.2 Å². The van der Waals surface area contributed by atoms with E-state index in [1.165, 1.54) is 0 Å². The van der Waals surface area contributed by atoms with Gasteiger partial charge in [-0.05, 0) is 32.0 Å². The van der Waals surface area contributed by atoms with Gasteiger partial charge in [-0.1, -0.05) is 0 Å². The van der Waals surface area contributed by atoms with E-state index >= 15 is 0 Å². The van der Waals surface area contributed by atoms with Crippen molar-refractivity contribution in [2.75, 3.05) is 0 Å². The van der Waals surface area contributed by atoms with E-state index in [2.05, 4.69) is 0 Å². The van der Waals surface area contributed by atoms with Crippen molar-refractivity contribution in [2.24, 2.45) is 0 Å². The van der Waals surface area contributed by atoms with Gasteiger partial charge >= 0.3 is 11.9 Å². The Morgan fingerprint density at radius 3 is 2.88 bits per heavy atom. The van der Waals surface area contributed by atoms with Gasteiger partial charge < -0.3 is 9.47 Å². The molecule has 0 aromatic heterocycles. The molecule has 84 valence electrons. The molecule has 4 heteroatoms. The van der Waals surface area contributed by atoms with Crippen LogP contribution < -0.4 is 0 Å². The lowest BCUT2D eigenvalue weighted by atomic mass is 10.1. The Morgan fingerprint density at radius 2 is 2.19 bits per heavy atom. The van der Waals surface area contributed by atoms with Gasteiger partial charge in [0, 0.05) is 5.56 Å². The molecule has 1 heterocycles. The van der Waals surface area contributed by atoms with Crippen molar-refractivity contribution in [1.29, 1.82) is 0 Å². The predicted octanol–water partition coefficient (Wildman–Crippen LogP) is 1.92. The lowest BCUT2D eigenvalue weighted by molar-refractivity contribution is 0.0377. The third-order valence-corrected chi connectivity index (χ3v) is 2.26. The van der Waals surface area contributed by atoms with Crippen molar-refractivity contribution in [3.8, 4) is 0 Å². The van der Waals surface area contributed by atoms with E-state index in [0.29, 0.717) is 11.1 Å². The van der Waals surface area contributed by atoms with Crippen LogP contribution in [0.5, 0.6) is 0 Å². The van der Waals surface area contributed by atoms with E-state index in [1.807, 2.05) is 0 Å². The van der Waals surface area contributed by atoms with E-state index in [-0.39, 0.29) is 24.6 Å². The Labute approximate surface area is 93.2 Å². The van der Waals surface area contributed by atoms with Crippen LogP contribution in [0, 0.1) is 0 Å². The maximum Gasteiger partial charge on any atom is 0.338 e. The first kappa shape index (κ1) is 10.7. The van der Waals surface area contributed by atoms with Gasteiger partial charge in [0.2, 0.25) is 0 Å². The number of esters is 2. The number of carbonyl (C=O) groups is 2. The number of benzene rings is 1. The summed E-state index contributed by atoms with van der Waals surface area (Å²) in [7, 11) is 0. The Kier molecular flexibility index (Phi) is 2.64. The van der Waals surface area contributed by atoms with Crippen LogP contribution in [-0.2, 0) is 16.1 Å². The van der Waals surface area contributed by atoms with E-state index in [4.69, 9.17) is 9.47 Å². The molecule has 0 amide bonds. The number of ether oxygens (including phenoxy) is 2. The van der Waals surface area contributed by atoms with Crippen LogP contribution in [0.3, 0.4) is 0 Å². The minimum absolute atomic E-state index is 0.154. The second kappa shape index (κ2) is 3.96. The van der Waals surface area contributed by atoms with Crippen LogP contribution in [0.1, 0.15) is 40.1 Å². The molecule has 1 aromatic rings. The van der Waals surface area contributed by atoms with E-state index in [9.17, 15) is 9.59 Å². The fraction of sp³-hybridized carbons (Fsp3) is 0.333. The van der Waals surface area contributed by atoms with Crippen LogP contribution in [0.25, 0.3) is 0 Å². The van der Waals surface area contributed by atoms with Crippen LogP contribution in [-0.4, -0.2) is 18.0 Å². The molecule has 0 unspecified atom stereocenters. The van der Waals surface area contributed by atoms with Crippen molar-refractivity contribution < 1.29 is 19.1 Å². The molecule has 1 aromatic carbocycles. The van der Waals surface area contributed by atoms with Crippen molar-refractivity contribution >= 4 is 11.9 Å². The highest BCUT2D eigenvalue weighted by Gasteiger charge is 2.22. The van der Waals surface area contributed by atoms with Crippen molar-refractivity contribution in [3.63, 3.8) is 0 Å². The number of hydrogen-bond donors (Lipinski definition) is 0. The van der Waals surface area contributed by atoms with Crippen LogP contribution in [0.4, 0.5) is 0 Å². The highest BCUT2D eigenvalue weighted by molar-refractivity contribution is 5.96. The smallest absolute Gasteiger partial charge is 0.338 e. The Morgan fingerprint density at radius 1 is 1.44 bits per heavy atom. The maximum atomic E-state index is 11.6. The minimum Gasteiger partial charge on any atom is -0.459 e. The van der Waals surface area contributed by atoms with Gasteiger partial charge in [0.05, 0.1) is 17.2 Å². The fourth-order valence-electron chi connectivity index (χ4n) is 1.54. The summed E-state index contributed by atoms with van der Waals surface area (Å²) >= 11 is 0. The summed E-state index contributed by atoms with van der Waals surface area (Å²) in [4.78, 5) is 22.8. The van der Waals surface area contributed by atoms with Crippen LogP contribution in [0.2, 0.25) is 0 Å². The zero-order valence-electron chi connectivity index (χ0n) is 9.15. The third-order valence-electron chi connectivity index (χ3n) is 2.26. The van der Waals surface area contributed by atoms with Gasteiger partial charge in [0.1, 0.15) is 6.61 Å². The van der Waals surface area contributed by atoms with Gasteiger partial charge in [0.25, 0.3) is 0 Å². The van der Waals surface area contributed by atoms with Gasteiger partial charge in [-0.25, -0.2) is 9.59 Å². The Hall–Kier alpha value is -1.84. The lowest BCUT2D eigenvalue weighted by Crippen LogP contribution is -2.11. The highest BCUT2D eigenvalue weighted by atomic mass is 16.5. The summed E-state index contributed by atoms with van der Waals surface area (Å²) < 4.78 is 9.91. The molecule has 0 radical (unpaired) electrons. The first-order valence-electron chi connectivity index (χ1n) is 5.09. The number of fused-ring (bicyclic) bond motifs is 1. The molecule has 16 heavy (non-hydrogen) atoms. The number of hydrogen-bond acceptors (Lipinski definition) is 4. The molecule has 2 rings (SSSR count). The quantitative estimate of drug-likeness (QED) is 0.714. The largest absolute Gasteiger partial charge is 0.459 e. The molecule has 4 nitrogen and oxygen atoms in total. The summed E-state index contributed by atoms with van der Waals surface area (Å²) in [5.74, 6) is -0.712. The standard InChI is InChI=1S/C12H12O4/c1-7(2)16-11(13)8-3-4-10-9(5-8)6-15-12(10)14/h3-5,7H,6H2,1-2H3. The first-order chi connectivity index (χ1) is 7.58. The van der Waals surface area contributed by atoms with Crippen LogP contribution >= 0.6 is 0 Å². The zero-order chi connectivity index (χ0) is 11.7. The molecule has 0 bridgehead atoms. The fourth-order valence-corrected chi connectivity index (χ4v) is 1.54. The number of rotatable bonds is 2. The summed E-state index contributed by atoms with van der Waals surface area (Å²) in [6.45, 7) is 3.81. The second-order valence-corrected chi connectivity index (χ2v) is 3.90. The molecule has 0 atom stereocenters. The number of carbonyl (C=O) groups excluding carboxylic acids is 2. The molecule has 0 aliphatic carbocycles. The molecule has 0 fully saturated rings. The zero-order valence-corrected chi connectivity index (χ0v) is 9.15. The van der Waals surface area contributed by atoms with Gasteiger partial charge in [-0.3, -0.25) is 0 Å². The summed E-state index contributed by atoms with van der Waals surface area (Å²) in [5.41, 5.74) is 1.72. The van der Waals surface area contributed by atoms with E-state index < -0.39 is 0 Å². The van der Waals surface area contributed by atoms with Gasteiger partial charge in [-0.15, -0.1) is 0 Å². The molecule has 1 aliphatic rings. The van der Waals surface area contributed by atoms with E-state index in [1.54, 1.807) is 32.0 Å². The van der Waals surface area contributed by atoms with Gasteiger partial charge in [0.15, 0.2) is 0 Å². The topological polar surface area (TPSA) is 52.6 Å². The maximum absolute atomic E-state index is 11.6. The Bertz CT molecular complexity index is 448. The van der Waals surface area contributed by atoms with Crippen molar-refractivity contribution in [1.82, 2.24) is 0 Å². The summed E-state index contributed by atoms with van der Waals surface area (Å²) in [5, 5.41) is 0. The normalized spacial score (nSPS) is 13.6. The molecule has 0 spiro atoms. The summed E-state index contributed by atoms with van der Waals surface area (Å²) in [6.07, 6.45) is -0.154. The molecule has 0 N–H and O–H groups in total.